The van der Waals surface area contributed by atoms with Crippen LogP contribution in [0.2, 0.25) is 0 Å². The molecule has 0 aliphatic rings. The molecule has 2 aromatic heterocycles. The van der Waals surface area contributed by atoms with Crippen molar-refractivity contribution in [3.63, 3.8) is 0 Å². The lowest BCUT2D eigenvalue weighted by atomic mass is 10.2. The molecule has 0 saturated heterocycles. The predicted octanol–water partition coefficient (Wildman–Crippen LogP) is 1.36. The van der Waals surface area contributed by atoms with Crippen molar-refractivity contribution >= 4 is 17.7 Å². The molecule has 0 saturated carbocycles. The monoisotopic (exact) mass is 283 g/mol. The van der Waals surface area contributed by atoms with Crippen LogP contribution in [-0.2, 0) is 10.5 Å². The molecular formula is C11H13N3O4S. The smallest absolute Gasteiger partial charge is 0.320 e. The summed E-state index contributed by atoms with van der Waals surface area (Å²) < 4.78 is 10.2. The molecule has 2 rings (SSSR count). The van der Waals surface area contributed by atoms with Crippen molar-refractivity contribution in [3.8, 4) is 11.6 Å². The van der Waals surface area contributed by atoms with Gasteiger partial charge in [-0.2, -0.15) is 16.7 Å². The molecule has 102 valence electrons. The highest BCUT2D eigenvalue weighted by atomic mass is 32.2. The number of thioether (sulfide) groups is 1. The van der Waals surface area contributed by atoms with Crippen molar-refractivity contribution < 1.29 is 18.8 Å². The summed E-state index contributed by atoms with van der Waals surface area (Å²) in [6.07, 6.45) is 1.94. The van der Waals surface area contributed by atoms with Gasteiger partial charge in [-0.25, -0.2) is 0 Å². The minimum Gasteiger partial charge on any atom is -0.480 e. The van der Waals surface area contributed by atoms with E-state index in [2.05, 4.69) is 10.1 Å². The van der Waals surface area contributed by atoms with Gasteiger partial charge in [0.05, 0.1) is 12.0 Å². The maximum absolute atomic E-state index is 10.5. The molecule has 8 heteroatoms. The lowest BCUT2D eigenvalue weighted by molar-refractivity contribution is -0.138. The molecule has 2 heterocycles. The number of hydrogen-bond donors (Lipinski definition) is 2. The average molecular weight is 283 g/mol. The zero-order valence-electron chi connectivity index (χ0n) is 9.98. The van der Waals surface area contributed by atoms with E-state index in [1.807, 2.05) is 0 Å². The summed E-state index contributed by atoms with van der Waals surface area (Å²) in [5.74, 6) is 1.57. The van der Waals surface area contributed by atoms with Gasteiger partial charge in [0.25, 0.3) is 0 Å². The van der Waals surface area contributed by atoms with Crippen LogP contribution in [0, 0.1) is 0 Å². The number of nitrogens with zero attached hydrogens (tertiary/aromatic N) is 2. The number of aromatic nitrogens is 2. The summed E-state index contributed by atoms with van der Waals surface area (Å²) >= 11 is 1.49. The van der Waals surface area contributed by atoms with Crippen molar-refractivity contribution in [3.05, 3.63) is 24.3 Å². The molecule has 0 aromatic carbocycles. The molecule has 0 spiro atoms. The maximum atomic E-state index is 10.5. The third-order valence-corrected chi connectivity index (χ3v) is 3.30. The van der Waals surface area contributed by atoms with E-state index >= 15 is 0 Å². The van der Waals surface area contributed by atoms with E-state index in [1.54, 1.807) is 12.1 Å². The molecule has 0 aliphatic carbocycles. The van der Waals surface area contributed by atoms with E-state index in [1.165, 1.54) is 18.0 Å². The number of rotatable bonds is 7. The third-order valence-electron chi connectivity index (χ3n) is 2.33. The first kappa shape index (κ1) is 13.6. The average Bonchev–Trinajstić information content (AvgIpc) is 3.04. The van der Waals surface area contributed by atoms with Crippen LogP contribution in [-0.4, -0.2) is 33.0 Å². The predicted molar refractivity (Wildman–Crippen MR) is 68.4 cm³/mol. The van der Waals surface area contributed by atoms with Gasteiger partial charge in [-0.3, -0.25) is 4.79 Å². The zero-order chi connectivity index (χ0) is 13.7. The van der Waals surface area contributed by atoms with Gasteiger partial charge in [-0.05, 0) is 24.3 Å². The number of aliphatic carboxylic acids is 1. The lowest BCUT2D eigenvalue weighted by Crippen LogP contribution is -2.30. The molecule has 2 aromatic rings. The molecule has 3 N–H and O–H groups in total. The molecular weight excluding hydrogens is 270 g/mol. The molecule has 0 aliphatic heterocycles. The SMILES string of the molecule is NC(CCSCc1nc(-c2ccco2)no1)C(=O)O. The van der Waals surface area contributed by atoms with Gasteiger partial charge in [0.1, 0.15) is 6.04 Å². The fourth-order valence-corrected chi connectivity index (χ4v) is 2.17. The molecule has 19 heavy (non-hydrogen) atoms. The molecule has 0 fully saturated rings. The second-order valence-electron chi connectivity index (χ2n) is 3.78. The second-order valence-corrected chi connectivity index (χ2v) is 4.88. The minimum atomic E-state index is -0.988. The van der Waals surface area contributed by atoms with Gasteiger partial charge in [0.2, 0.25) is 11.7 Å². The number of nitrogens with two attached hydrogens (primary N) is 1. The molecule has 0 radical (unpaired) electrons. The van der Waals surface area contributed by atoms with E-state index in [4.69, 9.17) is 19.8 Å². The minimum absolute atomic E-state index is 0.402. The highest BCUT2D eigenvalue weighted by Gasteiger charge is 2.13. The highest BCUT2D eigenvalue weighted by molar-refractivity contribution is 7.98. The van der Waals surface area contributed by atoms with Crippen LogP contribution >= 0.6 is 11.8 Å². The summed E-state index contributed by atoms with van der Waals surface area (Å²) in [6, 6.07) is 2.66. The Morgan fingerprint density at radius 2 is 2.42 bits per heavy atom. The summed E-state index contributed by atoms with van der Waals surface area (Å²) in [7, 11) is 0. The van der Waals surface area contributed by atoms with Gasteiger partial charge in [-0.15, -0.1) is 0 Å². The van der Waals surface area contributed by atoms with Crippen LogP contribution in [0.5, 0.6) is 0 Å². The van der Waals surface area contributed by atoms with Crippen molar-refractivity contribution in [2.45, 2.75) is 18.2 Å². The van der Waals surface area contributed by atoms with Gasteiger partial charge in [-0.1, -0.05) is 5.16 Å². The van der Waals surface area contributed by atoms with Gasteiger partial charge >= 0.3 is 5.97 Å². The lowest BCUT2D eigenvalue weighted by Gasteiger charge is -2.03. The maximum Gasteiger partial charge on any atom is 0.320 e. The van der Waals surface area contributed by atoms with Crippen LogP contribution in [0.15, 0.2) is 27.3 Å². The Kier molecular flexibility index (Phi) is 4.58. The Labute approximate surface area is 113 Å². The summed E-state index contributed by atoms with van der Waals surface area (Å²) in [5, 5.41) is 12.4. The Hall–Kier alpha value is -1.80. The quantitative estimate of drug-likeness (QED) is 0.732. The Balaban J connectivity index is 1.77. The van der Waals surface area contributed by atoms with Crippen LogP contribution < -0.4 is 5.73 Å². The molecule has 1 unspecified atom stereocenters. The van der Waals surface area contributed by atoms with Crippen LogP contribution in [0.25, 0.3) is 11.6 Å². The number of carbonyl (C=O) groups is 1. The first-order valence-electron chi connectivity index (χ1n) is 5.59. The van der Waals surface area contributed by atoms with Crippen LogP contribution in [0.3, 0.4) is 0 Å². The standard InChI is InChI=1S/C11H13N3O4S/c12-7(11(15)16)3-5-19-6-9-13-10(14-18-9)8-2-1-4-17-8/h1-2,4,7H,3,5-6,12H2,(H,15,16). The number of furan rings is 1. The number of carboxylic acids is 1. The molecule has 0 amide bonds. The first-order valence-corrected chi connectivity index (χ1v) is 6.75. The largest absolute Gasteiger partial charge is 0.480 e. The molecule has 7 nitrogen and oxygen atoms in total. The summed E-state index contributed by atoms with van der Waals surface area (Å²) in [4.78, 5) is 14.7. The van der Waals surface area contributed by atoms with E-state index in [9.17, 15) is 4.79 Å². The highest BCUT2D eigenvalue weighted by Crippen LogP contribution is 2.18. The van der Waals surface area contributed by atoms with E-state index in [-0.39, 0.29) is 0 Å². The van der Waals surface area contributed by atoms with Crippen LogP contribution in [0.4, 0.5) is 0 Å². The van der Waals surface area contributed by atoms with E-state index in [0.717, 1.165) is 0 Å². The number of carboxylic acid groups (broad SMARTS) is 1. The van der Waals surface area contributed by atoms with E-state index < -0.39 is 12.0 Å². The fourth-order valence-electron chi connectivity index (χ4n) is 1.31. The van der Waals surface area contributed by atoms with Gasteiger partial charge in [0.15, 0.2) is 5.76 Å². The molecule has 1 atom stereocenters. The van der Waals surface area contributed by atoms with Crippen molar-refractivity contribution in [1.29, 1.82) is 0 Å². The third kappa shape index (κ3) is 3.83. The second kappa shape index (κ2) is 6.39. The first-order chi connectivity index (χ1) is 9.16. The number of hydrogen-bond acceptors (Lipinski definition) is 7. The fraction of sp³-hybridized carbons (Fsp3) is 0.364. The van der Waals surface area contributed by atoms with Crippen molar-refractivity contribution in [2.75, 3.05) is 5.75 Å². The van der Waals surface area contributed by atoms with Gasteiger partial charge in [0, 0.05) is 0 Å². The van der Waals surface area contributed by atoms with Crippen molar-refractivity contribution in [1.82, 2.24) is 10.1 Å². The topological polar surface area (TPSA) is 115 Å². The van der Waals surface area contributed by atoms with E-state index in [0.29, 0.717) is 35.4 Å². The van der Waals surface area contributed by atoms with Crippen LogP contribution in [0.1, 0.15) is 12.3 Å². The van der Waals surface area contributed by atoms with Crippen molar-refractivity contribution in [2.24, 2.45) is 5.73 Å². The summed E-state index contributed by atoms with van der Waals surface area (Å²) in [6.45, 7) is 0. The normalized spacial score (nSPS) is 12.5. The Morgan fingerprint density at radius 3 is 3.11 bits per heavy atom. The Bertz CT molecular complexity index is 526. The Morgan fingerprint density at radius 1 is 1.58 bits per heavy atom. The summed E-state index contributed by atoms with van der Waals surface area (Å²) in [5.41, 5.74) is 5.39. The molecule has 0 bridgehead atoms. The zero-order valence-corrected chi connectivity index (χ0v) is 10.8. The van der Waals surface area contributed by atoms with Gasteiger partial charge < -0.3 is 19.8 Å².